The summed E-state index contributed by atoms with van der Waals surface area (Å²) >= 11 is 12.3. The monoisotopic (exact) mass is 484 g/mol. The normalized spacial score (nSPS) is 14.3. The first-order valence-electron chi connectivity index (χ1n) is 10.4. The van der Waals surface area contributed by atoms with Crippen molar-refractivity contribution in [2.75, 3.05) is 26.3 Å². The molecular formula is C25H22Cl2N2O4. The molecule has 3 aromatic rings. The van der Waals surface area contributed by atoms with Crippen molar-refractivity contribution >= 4 is 41.1 Å². The lowest BCUT2D eigenvalue weighted by Gasteiger charge is -2.27. The molecule has 0 atom stereocenters. The second-order valence-corrected chi connectivity index (χ2v) is 8.45. The van der Waals surface area contributed by atoms with Crippen LogP contribution < -0.4 is 5.32 Å². The predicted octanol–water partition coefficient (Wildman–Crippen LogP) is 5.19. The highest BCUT2D eigenvalue weighted by Gasteiger charge is 2.23. The molecule has 1 N–H and O–H groups in total. The number of rotatable bonds is 5. The highest BCUT2D eigenvalue weighted by atomic mass is 35.5. The standard InChI is InChI=1S/C25H22Cl2N2O4/c1-16-2-4-17(5-3-16)24(30)28-22(25(31)29-10-12-32-13-11-29)15-19-7-9-23(33-19)20-8-6-18(26)14-21(20)27/h2-9,14-15H,10-13H2,1H3,(H,28,30). The van der Waals surface area contributed by atoms with Gasteiger partial charge in [-0.1, -0.05) is 40.9 Å². The molecule has 0 unspecified atom stereocenters. The topological polar surface area (TPSA) is 71.8 Å². The second-order valence-electron chi connectivity index (χ2n) is 7.61. The molecule has 0 saturated carbocycles. The van der Waals surface area contributed by atoms with E-state index in [-0.39, 0.29) is 17.5 Å². The first-order valence-corrected chi connectivity index (χ1v) is 11.2. The van der Waals surface area contributed by atoms with Crippen molar-refractivity contribution in [3.8, 4) is 11.3 Å². The SMILES string of the molecule is Cc1ccc(C(=O)NC(=Cc2ccc(-c3ccc(Cl)cc3Cl)o2)C(=O)N2CCOCC2)cc1. The number of furan rings is 1. The lowest BCUT2D eigenvalue weighted by molar-refractivity contribution is -0.131. The van der Waals surface area contributed by atoms with Crippen molar-refractivity contribution in [2.45, 2.75) is 6.92 Å². The largest absolute Gasteiger partial charge is 0.457 e. The van der Waals surface area contributed by atoms with Crippen LogP contribution in [0.25, 0.3) is 17.4 Å². The Kier molecular flexibility index (Phi) is 7.18. The summed E-state index contributed by atoms with van der Waals surface area (Å²) < 4.78 is 11.3. The number of halogens is 2. The van der Waals surface area contributed by atoms with E-state index in [9.17, 15) is 9.59 Å². The number of carbonyl (C=O) groups excluding carboxylic acids is 2. The number of hydrogen-bond acceptors (Lipinski definition) is 4. The van der Waals surface area contributed by atoms with Crippen LogP contribution in [0.4, 0.5) is 0 Å². The molecule has 33 heavy (non-hydrogen) atoms. The third kappa shape index (κ3) is 5.66. The van der Waals surface area contributed by atoms with Gasteiger partial charge in [0.15, 0.2) is 0 Å². The molecule has 2 aromatic carbocycles. The Morgan fingerprint density at radius 1 is 1.00 bits per heavy atom. The average Bonchev–Trinajstić information content (AvgIpc) is 3.27. The molecule has 8 heteroatoms. The zero-order valence-electron chi connectivity index (χ0n) is 17.9. The Morgan fingerprint density at radius 3 is 2.42 bits per heavy atom. The number of morpholine rings is 1. The van der Waals surface area contributed by atoms with E-state index in [4.69, 9.17) is 32.4 Å². The molecule has 1 fully saturated rings. The van der Waals surface area contributed by atoms with Crippen LogP contribution in [0.3, 0.4) is 0 Å². The molecule has 0 radical (unpaired) electrons. The van der Waals surface area contributed by atoms with E-state index in [0.717, 1.165) is 5.56 Å². The number of ether oxygens (including phenoxy) is 1. The lowest BCUT2D eigenvalue weighted by Crippen LogP contribution is -2.44. The number of nitrogens with one attached hydrogen (secondary N) is 1. The van der Waals surface area contributed by atoms with Crippen LogP contribution in [0.1, 0.15) is 21.7 Å². The summed E-state index contributed by atoms with van der Waals surface area (Å²) in [6, 6.07) is 15.7. The van der Waals surface area contributed by atoms with Gasteiger partial charge in [-0.2, -0.15) is 0 Å². The molecule has 0 spiro atoms. The van der Waals surface area contributed by atoms with Crippen molar-refractivity contribution in [1.82, 2.24) is 10.2 Å². The van der Waals surface area contributed by atoms with E-state index in [1.165, 1.54) is 6.08 Å². The van der Waals surface area contributed by atoms with Crippen LogP contribution in [-0.2, 0) is 9.53 Å². The molecule has 6 nitrogen and oxygen atoms in total. The first kappa shape index (κ1) is 23.1. The highest BCUT2D eigenvalue weighted by Crippen LogP contribution is 2.32. The minimum atomic E-state index is -0.379. The predicted molar refractivity (Wildman–Crippen MR) is 128 cm³/mol. The van der Waals surface area contributed by atoms with Gasteiger partial charge in [0.25, 0.3) is 11.8 Å². The summed E-state index contributed by atoms with van der Waals surface area (Å²) in [5.74, 6) is 0.236. The highest BCUT2D eigenvalue weighted by molar-refractivity contribution is 6.36. The van der Waals surface area contributed by atoms with Gasteiger partial charge in [0, 0.05) is 35.3 Å². The summed E-state index contributed by atoms with van der Waals surface area (Å²) in [7, 11) is 0. The van der Waals surface area contributed by atoms with Gasteiger partial charge in [-0.25, -0.2) is 0 Å². The quantitative estimate of drug-likeness (QED) is 0.505. The molecule has 0 bridgehead atoms. The van der Waals surface area contributed by atoms with E-state index in [0.29, 0.717) is 59.0 Å². The van der Waals surface area contributed by atoms with Crippen molar-refractivity contribution < 1.29 is 18.7 Å². The maximum absolute atomic E-state index is 13.2. The Hall–Kier alpha value is -3.06. The summed E-state index contributed by atoms with van der Waals surface area (Å²) in [5.41, 5.74) is 2.28. The number of nitrogens with zero attached hydrogens (tertiary/aromatic N) is 1. The zero-order valence-corrected chi connectivity index (χ0v) is 19.4. The van der Waals surface area contributed by atoms with E-state index < -0.39 is 0 Å². The Morgan fingerprint density at radius 2 is 1.73 bits per heavy atom. The molecule has 4 rings (SSSR count). The van der Waals surface area contributed by atoms with Crippen molar-refractivity contribution in [1.29, 1.82) is 0 Å². The fourth-order valence-electron chi connectivity index (χ4n) is 3.39. The van der Waals surface area contributed by atoms with Gasteiger partial charge < -0.3 is 19.4 Å². The molecule has 1 saturated heterocycles. The molecule has 1 aliphatic heterocycles. The number of carbonyl (C=O) groups is 2. The van der Waals surface area contributed by atoms with Crippen LogP contribution in [0.2, 0.25) is 10.0 Å². The smallest absolute Gasteiger partial charge is 0.270 e. The fourth-order valence-corrected chi connectivity index (χ4v) is 3.90. The van der Waals surface area contributed by atoms with Crippen molar-refractivity contribution in [2.24, 2.45) is 0 Å². The molecule has 2 heterocycles. The van der Waals surface area contributed by atoms with Crippen LogP contribution in [-0.4, -0.2) is 43.0 Å². The van der Waals surface area contributed by atoms with Gasteiger partial charge in [0.05, 0.1) is 18.2 Å². The molecule has 2 amide bonds. The van der Waals surface area contributed by atoms with Crippen LogP contribution in [0.5, 0.6) is 0 Å². The van der Waals surface area contributed by atoms with Gasteiger partial charge in [-0.05, 0) is 49.4 Å². The first-order chi connectivity index (χ1) is 15.9. The fraction of sp³-hybridized carbons (Fsp3) is 0.200. The maximum Gasteiger partial charge on any atom is 0.270 e. The van der Waals surface area contributed by atoms with E-state index in [1.807, 2.05) is 19.1 Å². The minimum Gasteiger partial charge on any atom is -0.457 e. The summed E-state index contributed by atoms with van der Waals surface area (Å²) in [6.07, 6.45) is 1.53. The number of aryl methyl sites for hydroxylation is 1. The summed E-state index contributed by atoms with van der Waals surface area (Å²) in [4.78, 5) is 27.7. The minimum absolute atomic E-state index is 0.116. The van der Waals surface area contributed by atoms with Crippen LogP contribution >= 0.6 is 23.2 Å². The van der Waals surface area contributed by atoms with Gasteiger partial charge >= 0.3 is 0 Å². The summed E-state index contributed by atoms with van der Waals surface area (Å²) in [6.45, 7) is 3.73. The van der Waals surface area contributed by atoms with Gasteiger partial charge in [0.2, 0.25) is 0 Å². The number of benzene rings is 2. The number of amides is 2. The molecule has 1 aliphatic rings. The maximum atomic E-state index is 13.2. The summed E-state index contributed by atoms with van der Waals surface area (Å²) in [5, 5.41) is 3.72. The van der Waals surface area contributed by atoms with Gasteiger partial charge in [-0.3, -0.25) is 9.59 Å². The van der Waals surface area contributed by atoms with E-state index in [1.54, 1.807) is 47.4 Å². The van der Waals surface area contributed by atoms with E-state index in [2.05, 4.69) is 5.32 Å². The Labute approximate surface area is 201 Å². The average molecular weight is 485 g/mol. The van der Waals surface area contributed by atoms with Crippen molar-refractivity contribution in [3.05, 3.63) is 87.2 Å². The second kappa shape index (κ2) is 10.3. The lowest BCUT2D eigenvalue weighted by atomic mass is 10.1. The third-order valence-corrected chi connectivity index (χ3v) is 5.75. The van der Waals surface area contributed by atoms with Crippen molar-refractivity contribution in [3.63, 3.8) is 0 Å². The molecule has 170 valence electrons. The van der Waals surface area contributed by atoms with Crippen LogP contribution in [0, 0.1) is 6.92 Å². The van der Waals surface area contributed by atoms with Gasteiger partial charge in [-0.15, -0.1) is 0 Å². The van der Waals surface area contributed by atoms with E-state index >= 15 is 0 Å². The Bertz CT molecular complexity index is 1200. The van der Waals surface area contributed by atoms with Crippen LogP contribution in [0.15, 0.2) is 64.7 Å². The molecular weight excluding hydrogens is 463 g/mol. The third-order valence-electron chi connectivity index (χ3n) is 5.20. The zero-order chi connectivity index (χ0) is 23.4. The van der Waals surface area contributed by atoms with Gasteiger partial charge in [0.1, 0.15) is 17.2 Å². The molecule has 0 aliphatic carbocycles. The number of hydrogen-bond donors (Lipinski definition) is 1. The Balaban J connectivity index is 1.63. The molecule has 1 aromatic heterocycles.